The molecular weight excluding hydrogens is 361 g/mol. The van der Waals surface area contributed by atoms with E-state index in [1.165, 1.54) is 28.9 Å². The third kappa shape index (κ3) is 4.40. The van der Waals surface area contributed by atoms with Crippen LogP contribution in [0.1, 0.15) is 18.5 Å². The first-order valence-corrected chi connectivity index (χ1v) is 8.73. The SMILES string of the molecule is Cn1nc(CC(=O)N2CCC(Oc3cc(F)ccc3Cl)CC2)ccc1=O. The molecule has 0 atom stereocenters. The van der Waals surface area contributed by atoms with E-state index < -0.39 is 5.82 Å². The Bertz CT molecular complexity index is 863. The highest BCUT2D eigenvalue weighted by molar-refractivity contribution is 6.32. The maximum Gasteiger partial charge on any atom is 0.266 e. The van der Waals surface area contributed by atoms with Gasteiger partial charge in [-0.05, 0) is 18.2 Å². The van der Waals surface area contributed by atoms with Gasteiger partial charge >= 0.3 is 0 Å². The van der Waals surface area contributed by atoms with Crippen LogP contribution in [-0.2, 0) is 18.3 Å². The van der Waals surface area contributed by atoms with Crippen molar-refractivity contribution in [3.8, 4) is 5.75 Å². The Morgan fingerprint density at radius 1 is 1.31 bits per heavy atom. The summed E-state index contributed by atoms with van der Waals surface area (Å²) in [5.74, 6) is -0.119. The van der Waals surface area contributed by atoms with Crippen molar-refractivity contribution in [1.29, 1.82) is 0 Å². The lowest BCUT2D eigenvalue weighted by Crippen LogP contribution is -2.42. The van der Waals surface area contributed by atoms with Gasteiger partial charge in [-0.2, -0.15) is 5.10 Å². The number of carbonyl (C=O) groups excluding carboxylic acids is 1. The fourth-order valence-corrected chi connectivity index (χ4v) is 3.04. The Labute approximate surface area is 155 Å². The Kier molecular flexibility index (Phi) is 5.56. The molecule has 0 spiro atoms. The fraction of sp³-hybridized carbons (Fsp3) is 0.389. The normalized spacial score (nSPS) is 15.1. The molecule has 1 aromatic carbocycles. The lowest BCUT2D eigenvalue weighted by atomic mass is 10.1. The second kappa shape index (κ2) is 7.86. The predicted octanol–water partition coefficient (Wildman–Crippen LogP) is 2.19. The van der Waals surface area contributed by atoms with E-state index in [0.717, 1.165) is 0 Å². The average molecular weight is 380 g/mol. The second-order valence-electron chi connectivity index (χ2n) is 6.24. The second-order valence-corrected chi connectivity index (χ2v) is 6.64. The first-order chi connectivity index (χ1) is 12.4. The Morgan fingerprint density at radius 3 is 2.73 bits per heavy atom. The van der Waals surface area contributed by atoms with Gasteiger partial charge in [-0.25, -0.2) is 9.07 Å². The lowest BCUT2D eigenvalue weighted by molar-refractivity contribution is -0.132. The molecule has 1 fully saturated rings. The lowest BCUT2D eigenvalue weighted by Gasteiger charge is -2.32. The van der Waals surface area contributed by atoms with Crippen LogP contribution in [-0.4, -0.2) is 39.8 Å². The zero-order chi connectivity index (χ0) is 18.7. The molecule has 0 unspecified atom stereocenters. The van der Waals surface area contributed by atoms with E-state index >= 15 is 0 Å². The van der Waals surface area contributed by atoms with Crippen molar-refractivity contribution in [1.82, 2.24) is 14.7 Å². The van der Waals surface area contributed by atoms with Gasteiger partial charge in [-0.3, -0.25) is 9.59 Å². The molecular formula is C18H19ClFN3O3. The van der Waals surface area contributed by atoms with Gasteiger partial charge in [0, 0.05) is 45.1 Å². The van der Waals surface area contributed by atoms with Crippen molar-refractivity contribution >= 4 is 17.5 Å². The molecule has 6 nitrogen and oxygen atoms in total. The Balaban J connectivity index is 1.54. The number of aromatic nitrogens is 2. The van der Waals surface area contributed by atoms with E-state index in [-0.39, 0.29) is 24.0 Å². The number of benzene rings is 1. The van der Waals surface area contributed by atoms with Gasteiger partial charge in [0.25, 0.3) is 5.56 Å². The van der Waals surface area contributed by atoms with Gasteiger partial charge in [-0.15, -0.1) is 0 Å². The van der Waals surface area contributed by atoms with E-state index in [4.69, 9.17) is 16.3 Å². The quantitative estimate of drug-likeness (QED) is 0.816. The van der Waals surface area contributed by atoms with Crippen LogP contribution in [0.25, 0.3) is 0 Å². The molecule has 1 amide bonds. The molecule has 2 heterocycles. The number of carbonyl (C=O) groups is 1. The van der Waals surface area contributed by atoms with Gasteiger partial charge in [0.2, 0.25) is 5.91 Å². The standard InChI is InChI=1S/C18H19ClFN3O3/c1-22-17(24)5-3-13(21-22)11-18(25)23-8-6-14(7-9-23)26-16-10-12(20)2-4-15(16)19/h2-5,10,14H,6-9,11H2,1H3. The number of rotatable bonds is 4. The molecule has 1 aromatic heterocycles. The largest absolute Gasteiger partial charge is 0.489 e. The minimum atomic E-state index is -0.401. The molecule has 0 saturated carbocycles. The molecule has 3 rings (SSSR count). The highest BCUT2D eigenvalue weighted by atomic mass is 35.5. The summed E-state index contributed by atoms with van der Waals surface area (Å²) in [6.45, 7) is 1.09. The Morgan fingerprint density at radius 2 is 2.04 bits per heavy atom. The van der Waals surface area contributed by atoms with Crippen LogP contribution in [0.5, 0.6) is 5.75 Å². The summed E-state index contributed by atoms with van der Waals surface area (Å²) in [4.78, 5) is 25.5. The van der Waals surface area contributed by atoms with Crippen LogP contribution in [0.15, 0.2) is 35.1 Å². The average Bonchev–Trinajstić information content (AvgIpc) is 2.62. The Hall–Kier alpha value is -2.41. The summed E-state index contributed by atoms with van der Waals surface area (Å²) < 4.78 is 20.3. The summed E-state index contributed by atoms with van der Waals surface area (Å²) in [7, 11) is 1.55. The molecule has 0 N–H and O–H groups in total. The van der Waals surface area contributed by atoms with Crippen LogP contribution in [0.4, 0.5) is 4.39 Å². The predicted molar refractivity (Wildman–Crippen MR) is 94.8 cm³/mol. The van der Waals surface area contributed by atoms with Gasteiger partial charge in [0.1, 0.15) is 17.7 Å². The zero-order valence-electron chi connectivity index (χ0n) is 14.3. The number of ether oxygens (including phenoxy) is 1. The minimum absolute atomic E-state index is 0.0432. The third-order valence-corrected chi connectivity index (χ3v) is 4.64. The van der Waals surface area contributed by atoms with E-state index in [0.29, 0.717) is 42.4 Å². The van der Waals surface area contributed by atoms with E-state index in [2.05, 4.69) is 5.10 Å². The molecule has 8 heteroatoms. The number of likely N-dealkylation sites (tertiary alicyclic amines) is 1. The van der Waals surface area contributed by atoms with E-state index in [9.17, 15) is 14.0 Å². The van der Waals surface area contributed by atoms with Gasteiger partial charge in [-0.1, -0.05) is 11.6 Å². The van der Waals surface area contributed by atoms with Gasteiger partial charge in [0.05, 0.1) is 17.1 Å². The van der Waals surface area contributed by atoms with Crippen molar-refractivity contribution in [2.24, 2.45) is 7.05 Å². The maximum atomic E-state index is 13.3. The van der Waals surface area contributed by atoms with Crippen molar-refractivity contribution in [3.63, 3.8) is 0 Å². The summed E-state index contributed by atoms with van der Waals surface area (Å²) in [6.07, 6.45) is 1.31. The van der Waals surface area contributed by atoms with Gasteiger partial charge < -0.3 is 9.64 Å². The fourth-order valence-electron chi connectivity index (χ4n) is 2.88. The smallest absolute Gasteiger partial charge is 0.266 e. The molecule has 1 aliphatic rings. The zero-order valence-corrected chi connectivity index (χ0v) is 15.1. The van der Waals surface area contributed by atoms with Crippen LogP contribution in [0.3, 0.4) is 0 Å². The van der Waals surface area contributed by atoms with Crippen LogP contribution >= 0.6 is 11.6 Å². The van der Waals surface area contributed by atoms with Crippen LogP contribution < -0.4 is 10.3 Å². The first kappa shape index (κ1) is 18.4. The topological polar surface area (TPSA) is 64.4 Å². The van der Waals surface area contributed by atoms with Crippen molar-refractivity contribution in [3.05, 3.63) is 57.2 Å². The summed E-state index contributed by atoms with van der Waals surface area (Å²) >= 11 is 6.02. The third-order valence-electron chi connectivity index (χ3n) is 4.33. The molecule has 0 radical (unpaired) electrons. The van der Waals surface area contributed by atoms with E-state index in [1.807, 2.05) is 0 Å². The summed E-state index contributed by atoms with van der Waals surface area (Å²) in [5.41, 5.74) is 0.345. The van der Waals surface area contributed by atoms with E-state index in [1.54, 1.807) is 18.0 Å². The molecule has 1 aliphatic heterocycles. The minimum Gasteiger partial charge on any atom is -0.489 e. The number of nitrogens with zero attached hydrogens (tertiary/aromatic N) is 3. The number of amides is 1. The molecule has 0 aliphatic carbocycles. The molecule has 0 bridgehead atoms. The van der Waals surface area contributed by atoms with Crippen LogP contribution in [0.2, 0.25) is 5.02 Å². The number of aryl methyl sites for hydroxylation is 1. The number of hydrogen-bond donors (Lipinski definition) is 0. The highest BCUT2D eigenvalue weighted by Crippen LogP contribution is 2.28. The van der Waals surface area contributed by atoms with Gasteiger partial charge in [0.15, 0.2) is 0 Å². The van der Waals surface area contributed by atoms with Crippen molar-refractivity contribution < 1.29 is 13.9 Å². The first-order valence-electron chi connectivity index (χ1n) is 8.35. The highest BCUT2D eigenvalue weighted by Gasteiger charge is 2.25. The number of piperidine rings is 1. The molecule has 2 aromatic rings. The molecule has 1 saturated heterocycles. The number of halogens is 2. The number of hydrogen-bond acceptors (Lipinski definition) is 4. The van der Waals surface area contributed by atoms with Crippen molar-refractivity contribution in [2.45, 2.75) is 25.4 Å². The molecule has 26 heavy (non-hydrogen) atoms. The summed E-state index contributed by atoms with van der Waals surface area (Å²) in [6, 6.07) is 6.99. The monoisotopic (exact) mass is 379 g/mol. The summed E-state index contributed by atoms with van der Waals surface area (Å²) in [5, 5.41) is 4.44. The maximum absolute atomic E-state index is 13.3. The van der Waals surface area contributed by atoms with Crippen molar-refractivity contribution in [2.75, 3.05) is 13.1 Å². The molecule has 138 valence electrons. The van der Waals surface area contributed by atoms with Crippen LogP contribution in [0, 0.1) is 5.82 Å².